The lowest BCUT2D eigenvalue weighted by molar-refractivity contribution is -0.140. The lowest BCUT2D eigenvalue weighted by Gasteiger charge is -2.23. The van der Waals surface area contributed by atoms with Gasteiger partial charge in [-0.05, 0) is 35.8 Å². The fourth-order valence-corrected chi connectivity index (χ4v) is 2.38. The molecule has 0 heterocycles. The third-order valence-electron chi connectivity index (χ3n) is 3.73. The van der Waals surface area contributed by atoms with Gasteiger partial charge in [0.2, 0.25) is 0 Å². The van der Waals surface area contributed by atoms with Crippen molar-refractivity contribution in [1.82, 2.24) is 5.32 Å². The Morgan fingerprint density at radius 2 is 1.67 bits per heavy atom. The van der Waals surface area contributed by atoms with Gasteiger partial charge in [-0.1, -0.05) is 58.9 Å². The summed E-state index contributed by atoms with van der Waals surface area (Å²) in [5.41, 5.74) is 2.55. The fourth-order valence-electron chi connectivity index (χ4n) is 2.38. The van der Waals surface area contributed by atoms with Crippen LogP contribution in [0.15, 0.2) is 24.3 Å². The number of carboxylic acids is 1. The van der Waals surface area contributed by atoms with Crippen LogP contribution < -0.4 is 5.32 Å². The SMILES string of the molecule is CC(C)CC(NC(C)c1ccc(C(C)(C)C)cc1)C(=O)O. The minimum Gasteiger partial charge on any atom is -0.480 e. The third kappa shape index (κ3) is 5.50. The van der Waals surface area contributed by atoms with Crippen LogP contribution in [0, 0.1) is 5.92 Å². The van der Waals surface area contributed by atoms with E-state index in [0.717, 1.165) is 5.56 Å². The molecule has 0 aliphatic heterocycles. The van der Waals surface area contributed by atoms with E-state index in [1.54, 1.807) is 0 Å². The van der Waals surface area contributed by atoms with E-state index in [1.165, 1.54) is 5.56 Å². The first kappa shape index (κ1) is 17.7. The van der Waals surface area contributed by atoms with Crippen molar-refractivity contribution in [3.8, 4) is 0 Å². The highest BCUT2D eigenvalue weighted by atomic mass is 16.4. The Morgan fingerprint density at radius 3 is 2.05 bits per heavy atom. The van der Waals surface area contributed by atoms with Gasteiger partial charge in [-0.3, -0.25) is 10.1 Å². The van der Waals surface area contributed by atoms with Crippen LogP contribution in [0.25, 0.3) is 0 Å². The topological polar surface area (TPSA) is 49.3 Å². The van der Waals surface area contributed by atoms with Crippen LogP contribution in [0.3, 0.4) is 0 Å². The number of aliphatic carboxylic acids is 1. The molecule has 3 heteroatoms. The lowest BCUT2D eigenvalue weighted by Crippen LogP contribution is -2.39. The zero-order chi connectivity index (χ0) is 16.2. The van der Waals surface area contributed by atoms with E-state index < -0.39 is 12.0 Å². The van der Waals surface area contributed by atoms with Crippen LogP contribution in [0.4, 0.5) is 0 Å². The van der Waals surface area contributed by atoms with E-state index in [9.17, 15) is 9.90 Å². The van der Waals surface area contributed by atoms with E-state index in [4.69, 9.17) is 0 Å². The zero-order valence-corrected chi connectivity index (χ0v) is 14.1. The molecule has 21 heavy (non-hydrogen) atoms. The van der Waals surface area contributed by atoms with Crippen LogP contribution in [0.1, 0.15) is 65.1 Å². The van der Waals surface area contributed by atoms with Crippen molar-refractivity contribution in [2.24, 2.45) is 5.92 Å². The van der Waals surface area contributed by atoms with Crippen LogP contribution in [-0.4, -0.2) is 17.1 Å². The number of carbonyl (C=O) groups is 1. The summed E-state index contributed by atoms with van der Waals surface area (Å²) in [6, 6.07) is 7.97. The molecule has 2 unspecified atom stereocenters. The Hall–Kier alpha value is -1.35. The molecule has 0 bridgehead atoms. The molecule has 1 rings (SSSR count). The number of hydrogen-bond acceptors (Lipinski definition) is 2. The number of carboxylic acid groups (broad SMARTS) is 1. The van der Waals surface area contributed by atoms with Gasteiger partial charge in [0.25, 0.3) is 0 Å². The van der Waals surface area contributed by atoms with E-state index >= 15 is 0 Å². The second kappa shape index (κ2) is 7.08. The molecule has 0 aliphatic rings. The molecule has 2 N–H and O–H groups in total. The first-order chi connectivity index (χ1) is 9.61. The number of hydrogen-bond donors (Lipinski definition) is 2. The molecule has 0 aromatic heterocycles. The predicted octanol–water partition coefficient (Wildman–Crippen LogP) is 4.13. The van der Waals surface area contributed by atoms with Crippen molar-refractivity contribution in [1.29, 1.82) is 0 Å². The van der Waals surface area contributed by atoms with Crippen LogP contribution >= 0.6 is 0 Å². The molecule has 1 aromatic carbocycles. The first-order valence-corrected chi connectivity index (χ1v) is 7.70. The van der Waals surface area contributed by atoms with Gasteiger partial charge in [0.15, 0.2) is 0 Å². The minimum atomic E-state index is -0.776. The van der Waals surface area contributed by atoms with Gasteiger partial charge in [0.1, 0.15) is 6.04 Å². The Kier molecular flexibility index (Phi) is 5.97. The highest BCUT2D eigenvalue weighted by Crippen LogP contribution is 2.24. The van der Waals surface area contributed by atoms with Gasteiger partial charge in [-0.25, -0.2) is 0 Å². The minimum absolute atomic E-state index is 0.0267. The van der Waals surface area contributed by atoms with E-state index in [1.807, 2.05) is 20.8 Å². The molecule has 118 valence electrons. The summed E-state index contributed by atoms with van der Waals surface area (Å²) in [6.07, 6.45) is 0.639. The number of nitrogens with one attached hydrogen (secondary N) is 1. The van der Waals surface area contributed by atoms with E-state index in [0.29, 0.717) is 12.3 Å². The smallest absolute Gasteiger partial charge is 0.320 e. The molecule has 0 amide bonds. The quantitative estimate of drug-likeness (QED) is 0.828. The normalized spacial score (nSPS) is 15.0. The van der Waals surface area contributed by atoms with Gasteiger partial charge in [-0.15, -0.1) is 0 Å². The molecular formula is C18H29NO2. The Bertz CT molecular complexity index is 457. The standard InChI is InChI=1S/C18H29NO2/c1-12(2)11-16(17(20)21)19-13(3)14-7-9-15(10-8-14)18(4,5)6/h7-10,12-13,16,19H,11H2,1-6H3,(H,20,21). The molecule has 0 fully saturated rings. The highest BCUT2D eigenvalue weighted by Gasteiger charge is 2.21. The molecule has 3 nitrogen and oxygen atoms in total. The van der Waals surface area contributed by atoms with Gasteiger partial charge < -0.3 is 5.11 Å². The Morgan fingerprint density at radius 1 is 1.14 bits per heavy atom. The monoisotopic (exact) mass is 291 g/mol. The van der Waals surface area contributed by atoms with Gasteiger partial charge in [0, 0.05) is 6.04 Å². The maximum absolute atomic E-state index is 11.3. The first-order valence-electron chi connectivity index (χ1n) is 7.70. The summed E-state index contributed by atoms with van der Waals surface area (Å²) in [4.78, 5) is 11.3. The maximum atomic E-state index is 11.3. The largest absolute Gasteiger partial charge is 0.480 e. The summed E-state index contributed by atoms with van der Waals surface area (Å²) in [5, 5.41) is 12.5. The number of rotatable bonds is 6. The predicted molar refractivity (Wildman–Crippen MR) is 87.6 cm³/mol. The average Bonchev–Trinajstić information content (AvgIpc) is 2.36. The van der Waals surface area contributed by atoms with Crippen molar-refractivity contribution in [2.45, 2.75) is 65.5 Å². The second-order valence-electron chi connectivity index (χ2n) is 7.28. The van der Waals surface area contributed by atoms with Crippen molar-refractivity contribution < 1.29 is 9.90 Å². The van der Waals surface area contributed by atoms with Gasteiger partial charge in [-0.2, -0.15) is 0 Å². The van der Waals surface area contributed by atoms with Crippen molar-refractivity contribution in [3.05, 3.63) is 35.4 Å². The number of benzene rings is 1. The van der Waals surface area contributed by atoms with Crippen molar-refractivity contribution in [3.63, 3.8) is 0 Å². The fraction of sp³-hybridized carbons (Fsp3) is 0.611. The molecule has 0 spiro atoms. The maximum Gasteiger partial charge on any atom is 0.320 e. The van der Waals surface area contributed by atoms with Crippen LogP contribution in [-0.2, 0) is 10.2 Å². The highest BCUT2D eigenvalue weighted by molar-refractivity contribution is 5.73. The van der Waals surface area contributed by atoms with Gasteiger partial charge in [0.05, 0.1) is 0 Å². The van der Waals surface area contributed by atoms with E-state index in [-0.39, 0.29) is 11.5 Å². The molecule has 1 aromatic rings. The summed E-state index contributed by atoms with van der Waals surface area (Å²) < 4.78 is 0. The summed E-state index contributed by atoms with van der Waals surface area (Å²) >= 11 is 0. The van der Waals surface area contributed by atoms with Crippen molar-refractivity contribution >= 4 is 5.97 Å². The summed E-state index contributed by atoms with van der Waals surface area (Å²) in [6.45, 7) is 12.7. The third-order valence-corrected chi connectivity index (χ3v) is 3.73. The van der Waals surface area contributed by atoms with Crippen molar-refractivity contribution in [2.75, 3.05) is 0 Å². The molecule has 0 radical (unpaired) electrons. The molecular weight excluding hydrogens is 262 g/mol. The zero-order valence-electron chi connectivity index (χ0n) is 14.1. The Labute approximate surface area is 128 Å². The second-order valence-corrected chi connectivity index (χ2v) is 7.28. The van der Waals surface area contributed by atoms with Crippen LogP contribution in [0.5, 0.6) is 0 Å². The summed E-state index contributed by atoms with van der Waals surface area (Å²) in [5.74, 6) is -0.420. The van der Waals surface area contributed by atoms with E-state index in [2.05, 4.69) is 50.4 Å². The van der Waals surface area contributed by atoms with Gasteiger partial charge >= 0.3 is 5.97 Å². The average molecular weight is 291 g/mol. The summed E-state index contributed by atoms with van der Waals surface area (Å²) in [7, 11) is 0. The Balaban J connectivity index is 2.78. The molecule has 0 aliphatic carbocycles. The molecule has 0 saturated carbocycles. The lowest BCUT2D eigenvalue weighted by atomic mass is 9.86. The van der Waals surface area contributed by atoms with Crippen LogP contribution in [0.2, 0.25) is 0 Å². The molecule has 0 saturated heterocycles. The molecule has 2 atom stereocenters.